The van der Waals surface area contributed by atoms with Gasteiger partial charge in [0.05, 0.1) is 11.3 Å². The molecule has 0 aromatic carbocycles. The first-order valence-corrected chi connectivity index (χ1v) is 5.60. The van der Waals surface area contributed by atoms with Gasteiger partial charge in [-0.1, -0.05) is 19.0 Å². The number of β-amino-alcohol motifs (C(OH)–C–C–N with tert-alkyl or cyclic N) is 1. The van der Waals surface area contributed by atoms with Crippen LogP contribution in [0.5, 0.6) is 0 Å². The molecule has 1 aliphatic rings. The second-order valence-electron chi connectivity index (χ2n) is 4.95. The number of rotatable bonds is 3. The van der Waals surface area contributed by atoms with Crippen LogP contribution in [0.4, 0.5) is 0 Å². The minimum absolute atomic E-state index is 0.255. The van der Waals surface area contributed by atoms with Gasteiger partial charge in [0.2, 0.25) is 0 Å². The van der Waals surface area contributed by atoms with Gasteiger partial charge in [0.1, 0.15) is 0 Å². The van der Waals surface area contributed by atoms with E-state index in [4.69, 9.17) is 5.21 Å². The largest absolute Gasteiger partial charge is 0.411 e. The zero-order valence-electron chi connectivity index (χ0n) is 9.90. The van der Waals surface area contributed by atoms with E-state index in [1.807, 2.05) is 20.8 Å². The lowest BCUT2D eigenvalue weighted by atomic mass is 9.91. The van der Waals surface area contributed by atoms with Crippen molar-refractivity contribution in [3.05, 3.63) is 0 Å². The van der Waals surface area contributed by atoms with E-state index in [1.54, 1.807) is 0 Å². The van der Waals surface area contributed by atoms with Gasteiger partial charge >= 0.3 is 0 Å². The molecule has 1 aliphatic heterocycles. The van der Waals surface area contributed by atoms with Gasteiger partial charge in [0.25, 0.3) is 0 Å². The number of hydrogen-bond acceptors (Lipinski definition) is 4. The Morgan fingerprint density at radius 3 is 2.33 bits per heavy atom. The van der Waals surface area contributed by atoms with E-state index >= 15 is 0 Å². The van der Waals surface area contributed by atoms with Crippen molar-refractivity contribution in [3.63, 3.8) is 0 Å². The topological polar surface area (TPSA) is 56.1 Å². The summed E-state index contributed by atoms with van der Waals surface area (Å²) >= 11 is 0. The fourth-order valence-corrected chi connectivity index (χ4v) is 1.70. The fourth-order valence-electron chi connectivity index (χ4n) is 1.70. The molecule has 1 rings (SSSR count). The Balaban J connectivity index is 2.42. The van der Waals surface area contributed by atoms with Crippen LogP contribution < -0.4 is 0 Å². The van der Waals surface area contributed by atoms with Gasteiger partial charge in [-0.15, -0.1) is 0 Å². The van der Waals surface area contributed by atoms with Crippen molar-refractivity contribution in [2.75, 3.05) is 19.6 Å². The number of hydrogen-bond donors (Lipinski definition) is 2. The van der Waals surface area contributed by atoms with Gasteiger partial charge < -0.3 is 10.3 Å². The van der Waals surface area contributed by atoms with E-state index in [9.17, 15) is 5.11 Å². The molecule has 15 heavy (non-hydrogen) atoms. The van der Waals surface area contributed by atoms with Crippen LogP contribution in [0.1, 0.15) is 33.6 Å². The maximum absolute atomic E-state index is 10.1. The first kappa shape index (κ1) is 12.5. The maximum atomic E-state index is 10.1. The molecule has 88 valence electrons. The molecular weight excluding hydrogens is 192 g/mol. The molecule has 1 unspecified atom stereocenters. The predicted octanol–water partition coefficient (Wildman–Crippen LogP) is 1.32. The average Bonchev–Trinajstić information content (AvgIpc) is 2.18. The molecule has 2 N–H and O–H groups in total. The third kappa shape index (κ3) is 3.47. The van der Waals surface area contributed by atoms with Crippen LogP contribution in [-0.2, 0) is 0 Å². The SMILES string of the molecule is CC(C)C(C)(O)CN1CCC(=NO)CC1. The Morgan fingerprint density at radius 1 is 1.40 bits per heavy atom. The van der Waals surface area contributed by atoms with Crippen LogP contribution in [0.15, 0.2) is 5.16 Å². The molecule has 0 radical (unpaired) electrons. The van der Waals surface area contributed by atoms with Crippen LogP contribution >= 0.6 is 0 Å². The van der Waals surface area contributed by atoms with Crippen molar-refractivity contribution in [1.82, 2.24) is 4.90 Å². The number of aliphatic hydroxyl groups is 1. The maximum Gasteiger partial charge on any atom is 0.0768 e. The van der Waals surface area contributed by atoms with Crippen molar-refractivity contribution in [2.45, 2.75) is 39.2 Å². The minimum atomic E-state index is -0.631. The molecule has 0 aromatic rings. The summed E-state index contributed by atoms with van der Waals surface area (Å²) in [6, 6.07) is 0. The van der Waals surface area contributed by atoms with E-state index in [1.165, 1.54) is 0 Å². The zero-order valence-corrected chi connectivity index (χ0v) is 9.90. The highest BCUT2D eigenvalue weighted by atomic mass is 16.4. The monoisotopic (exact) mass is 214 g/mol. The molecule has 4 nitrogen and oxygen atoms in total. The molecule has 0 aromatic heterocycles. The highest BCUT2D eigenvalue weighted by Crippen LogP contribution is 2.19. The number of likely N-dealkylation sites (tertiary alicyclic amines) is 1. The van der Waals surface area contributed by atoms with Crippen molar-refractivity contribution < 1.29 is 10.3 Å². The van der Waals surface area contributed by atoms with Gasteiger partial charge in [-0.2, -0.15) is 0 Å². The molecule has 0 spiro atoms. The Bertz CT molecular complexity index is 227. The van der Waals surface area contributed by atoms with Gasteiger partial charge in [0.15, 0.2) is 0 Å². The Hall–Kier alpha value is -0.610. The standard InChI is InChI=1S/C11H22N2O2/c1-9(2)11(3,14)8-13-6-4-10(12-15)5-7-13/h9,14-15H,4-8H2,1-3H3. The lowest BCUT2D eigenvalue weighted by Gasteiger charge is -2.36. The fraction of sp³-hybridized carbons (Fsp3) is 0.909. The third-order valence-electron chi connectivity index (χ3n) is 3.36. The number of piperidine rings is 1. The highest BCUT2D eigenvalue weighted by Gasteiger charge is 2.29. The Kier molecular flexibility index (Phi) is 4.11. The van der Waals surface area contributed by atoms with Gasteiger partial charge in [0, 0.05) is 32.5 Å². The lowest BCUT2D eigenvalue weighted by molar-refractivity contribution is -0.0190. The summed E-state index contributed by atoms with van der Waals surface area (Å²) in [7, 11) is 0. The summed E-state index contributed by atoms with van der Waals surface area (Å²) in [5, 5.41) is 22.0. The molecule has 4 heteroatoms. The number of oxime groups is 1. The van der Waals surface area contributed by atoms with Crippen molar-refractivity contribution in [1.29, 1.82) is 0 Å². The van der Waals surface area contributed by atoms with Gasteiger partial charge in [-0.3, -0.25) is 4.90 Å². The summed E-state index contributed by atoms with van der Waals surface area (Å²) in [6.45, 7) is 8.40. The molecule has 0 saturated carbocycles. The summed E-state index contributed by atoms with van der Waals surface area (Å²) in [4.78, 5) is 2.23. The number of nitrogens with zero attached hydrogens (tertiary/aromatic N) is 2. The van der Waals surface area contributed by atoms with Crippen LogP contribution in [-0.4, -0.2) is 46.2 Å². The van der Waals surface area contributed by atoms with Crippen molar-refractivity contribution in [2.24, 2.45) is 11.1 Å². The van der Waals surface area contributed by atoms with Crippen LogP contribution in [0.25, 0.3) is 0 Å². The van der Waals surface area contributed by atoms with Crippen molar-refractivity contribution >= 4 is 5.71 Å². The van der Waals surface area contributed by atoms with E-state index in [-0.39, 0.29) is 5.92 Å². The van der Waals surface area contributed by atoms with E-state index in [0.29, 0.717) is 6.54 Å². The summed E-state index contributed by atoms with van der Waals surface area (Å²) in [6.07, 6.45) is 1.62. The summed E-state index contributed by atoms with van der Waals surface area (Å²) in [5.41, 5.74) is 0.240. The molecule has 1 saturated heterocycles. The van der Waals surface area contributed by atoms with Crippen LogP contribution in [0, 0.1) is 5.92 Å². The summed E-state index contributed by atoms with van der Waals surface area (Å²) < 4.78 is 0. The molecule has 1 heterocycles. The predicted molar refractivity (Wildman–Crippen MR) is 60.4 cm³/mol. The minimum Gasteiger partial charge on any atom is -0.411 e. The van der Waals surface area contributed by atoms with Gasteiger partial charge in [-0.25, -0.2) is 0 Å². The summed E-state index contributed by atoms with van der Waals surface area (Å²) in [5.74, 6) is 0.255. The smallest absolute Gasteiger partial charge is 0.0768 e. The Labute approximate surface area is 91.6 Å². The van der Waals surface area contributed by atoms with E-state index in [2.05, 4.69) is 10.1 Å². The first-order valence-electron chi connectivity index (χ1n) is 5.60. The highest BCUT2D eigenvalue weighted by molar-refractivity contribution is 5.84. The molecular formula is C11H22N2O2. The molecule has 1 atom stereocenters. The van der Waals surface area contributed by atoms with Crippen molar-refractivity contribution in [3.8, 4) is 0 Å². The second-order valence-corrected chi connectivity index (χ2v) is 4.95. The zero-order chi connectivity index (χ0) is 11.5. The molecule has 1 fully saturated rings. The second kappa shape index (κ2) is 4.94. The normalized spacial score (nSPS) is 22.9. The van der Waals surface area contributed by atoms with E-state index in [0.717, 1.165) is 31.6 Å². The molecule has 0 bridgehead atoms. The Morgan fingerprint density at radius 2 is 1.93 bits per heavy atom. The average molecular weight is 214 g/mol. The third-order valence-corrected chi connectivity index (χ3v) is 3.36. The molecule has 0 aliphatic carbocycles. The van der Waals surface area contributed by atoms with Gasteiger partial charge in [-0.05, 0) is 12.8 Å². The van der Waals surface area contributed by atoms with Crippen LogP contribution in [0.2, 0.25) is 0 Å². The lowest BCUT2D eigenvalue weighted by Crippen LogP contribution is -2.47. The quantitative estimate of drug-likeness (QED) is 0.550. The van der Waals surface area contributed by atoms with Crippen LogP contribution in [0.3, 0.4) is 0 Å². The first-order chi connectivity index (χ1) is 6.95. The van der Waals surface area contributed by atoms with E-state index < -0.39 is 5.60 Å². The molecule has 0 amide bonds.